The van der Waals surface area contributed by atoms with Crippen molar-refractivity contribution in [3.05, 3.63) is 12.2 Å². The molecule has 0 aromatic heterocycles. The topological polar surface area (TPSA) is 105 Å². The van der Waals surface area contributed by atoms with Crippen molar-refractivity contribution >= 4 is 13.7 Å². The van der Waals surface area contributed by atoms with E-state index in [2.05, 4.69) is 26.1 Å². The monoisotopic (exact) mass is 788 g/mol. The molecule has 1 unspecified atom stereocenters. The fourth-order valence-electron chi connectivity index (χ4n) is 6.76. The van der Waals surface area contributed by atoms with Crippen LogP contribution in [0.5, 0.6) is 0 Å². The molecule has 3 atom stereocenters. The third kappa shape index (κ3) is 39.5. The highest BCUT2D eigenvalue weighted by molar-refractivity contribution is 7.47. The summed E-state index contributed by atoms with van der Waals surface area (Å²) in [6, 6.07) is -0.841. The van der Waals surface area contributed by atoms with Crippen molar-refractivity contribution in [3.8, 4) is 0 Å². The van der Waals surface area contributed by atoms with E-state index in [1.54, 1.807) is 6.08 Å². The van der Waals surface area contributed by atoms with Crippen LogP contribution in [0.25, 0.3) is 0 Å². The van der Waals surface area contributed by atoms with Gasteiger partial charge in [0, 0.05) is 6.42 Å². The van der Waals surface area contributed by atoms with Gasteiger partial charge in [0.2, 0.25) is 5.91 Å². The number of phosphoric acid groups is 1. The third-order valence-corrected chi connectivity index (χ3v) is 11.4. The van der Waals surface area contributed by atoms with Gasteiger partial charge in [0.25, 0.3) is 0 Å². The number of unbranched alkanes of at least 4 members (excludes halogenated alkanes) is 26. The molecule has 0 aromatic rings. The number of amides is 1. The SMILES string of the molecule is CCCCCCCCCCCCCCCCCCCCCCC(=O)N[C@@H](COP(=O)(O)OCC[N+](C)(C)C)[C@H](O)/C=C/CCCCCCCCCC(C)C. The number of allylic oxidation sites excluding steroid dienone is 1. The Morgan fingerprint density at radius 2 is 1.09 bits per heavy atom. The summed E-state index contributed by atoms with van der Waals surface area (Å²) in [5.74, 6) is 0.615. The lowest BCUT2D eigenvalue weighted by atomic mass is 10.0. The van der Waals surface area contributed by atoms with Gasteiger partial charge in [0.05, 0.1) is 39.9 Å². The zero-order chi connectivity index (χ0) is 40.2. The van der Waals surface area contributed by atoms with E-state index in [1.165, 1.54) is 148 Å². The van der Waals surface area contributed by atoms with Crippen molar-refractivity contribution in [2.75, 3.05) is 40.9 Å². The highest BCUT2D eigenvalue weighted by atomic mass is 31.2. The molecule has 0 aliphatic carbocycles. The van der Waals surface area contributed by atoms with Gasteiger partial charge >= 0.3 is 7.82 Å². The molecule has 54 heavy (non-hydrogen) atoms. The Hall–Kier alpha value is -0.760. The van der Waals surface area contributed by atoms with Gasteiger partial charge in [0.15, 0.2) is 0 Å². The maximum absolute atomic E-state index is 12.9. The van der Waals surface area contributed by atoms with Gasteiger partial charge in [-0.15, -0.1) is 0 Å². The number of rotatable bonds is 41. The predicted octanol–water partition coefficient (Wildman–Crippen LogP) is 12.6. The highest BCUT2D eigenvalue weighted by Gasteiger charge is 2.27. The Balaban J connectivity index is 4.30. The first-order valence-corrected chi connectivity index (χ1v) is 24.4. The van der Waals surface area contributed by atoms with Gasteiger partial charge in [-0.1, -0.05) is 200 Å². The van der Waals surface area contributed by atoms with Crippen molar-refractivity contribution in [2.24, 2.45) is 5.92 Å². The molecule has 3 N–H and O–H groups in total. The van der Waals surface area contributed by atoms with Crippen molar-refractivity contribution in [1.29, 1.82) is 0 Å². The van der Waals surface area contributed by atoms with Crippen LogP contribution in [0.1, 0.15) is 213 Å². The van der Waals surface area contributed by atoms with Crippen molar-refractivity contribution in [3.63, 3.8) is 0 Å². The van der Waals surface area contributed by atoms with Crippen LogP contribution < -0.4 is 5.32 Å². The summed E-state index contributed by atoms with van der Waals surface area (Å²) in [5, 5.41) is 13.8. The zero-order valence-electron chi connectivity index (χ0n) is 36.6. The lowest BCUT2D eigenvalue weighted by Crippen LogP contribution is -2.45. The predicted molar refractivity (Wildman–Crippen MR) is 231 cm³/mol. The quantitative estimate of drug-likeness (QED) is 0.0247. The number of likely N-dealkylation sites (N-methyl/N-ethyl adjacent to an activating group) is 1. The summed E-state index contributed by atoms with van der Waals surface area (Å²) >= 11 is 0. The molecule has 0 heterocycles. The van der Waals surface area contributed by atoms with E-state index < -0.39 is 20.0 Å². The molecule has 0 bridgehead atoms. The van der Waals surface area contributed by atoms with Crippen LogP contribution >= 0.6 is 7.82 Å². The Kier molecular flexibility index (Phi) is 36.1. The second-order valence-electron chi connectivity index (χ2n) is 17.6. The maximum atomic E-state index is 12.9. The first-order valence-electron chi connectivity index (χ1n) is 22.9. The Labute approximate surface area is 335 Å². The normalized spacial score (nSPS) is 14.5. The lowest BCUT2D eigenvalue weighted by molar-refractivity contribution is -0.870. The number of carbonyl (C=O) groups is 1. The van der Waals surface area contributed by atoms with Gasteiger partial charge in [0.1, 0.15) is 13.2 Å². The molecular weight excluding hydrogens is 695 g/mol. The highest BCUT2D eigenvalue weighted by Crippen LogP contribution is 2.43. The molecule has 0 fully saturated rings. The minimum Gasteiger partial charge on any atom is -0.387 e. The van der Waals surface area contributed by atoms with Crippen LogP contribution in [0.4, 0.5) is 0 Å². The van der Waals surface area contributed by atoms with Crippen molar-refractivity contribution in [1.82, 2.24) is 5.32 Å². The molecule has 0 spiro atoms. The summed E-state index contributed by atoms with van der Waals surface area (Å²) in [6.45, 7) is 7.14. The molecule has 0 saturated carbocycles. The van der Waals surface area contributed by atoms with Crippen LogP contribution in [0, 0.1) is 5.92 Å². The number of phosphoric ester groups is 1. The van der Waals surface area contributed by atoms with Crippen LogP contribution in [-0.2, 0) is 18.4 Å². The van der Waals surface area contributed by atoms with Crippen LogP contribution in [0.15, 0.2) is 12.2 Å². The third-order valence-electron chi connectivity index (χ3n) is 10.4. The molecule has 9 heteroatoms. The Morgan fingerprint density at radius 1 is 0.667 bits per heavy atom. The van der Waals surface area contributed by atoms with Gasteiger partial charge in [-0.3, -0.25) is 13.8 Å². The smallest absolute Gasteiger partial charge is 0.387 e. The van der Waals surface area contributed by atoms with Gasteiger partial charge in [-0.2, -0.15) is 0 Å². The summed E-state index contributed by atoms with van der Waals surface area (Å²) in [5.41, 5.74) is 0. The molecule has 8 nitrogen and oxygen atoms in total. The molecule has 0 aliphatic heterocycles. The number of hydrogen-bond donors (Lipinski definition) is 3. The van der Waals surface area contributed by atoms with E-state index in [9.17, 15) is 19.4 Å². The van der Waals surface area contributed by atoms with E-state index in [4.69, 9.17) is 9.05 Å². The number of quaternary nitrogens is 1. The lowest BCUT2D eigenvalue weighted by Gasteiger charge is -2.25. The average molecular weight is 788 g/mol. The average Bonchev–Trinajstić information content (AvgIpc) is 3.10. The van der Waals surface area contributed by atoms with Gasteiger partial charge in [-0.25, -0.2) is 4.57 Å². The van der Waals surface area contributed by atoms with Crippen molar-refractivity contribution in [2.45, 2.75) is 226 Å². The molecule has 322 valence electrons. The first-order chi connectivity index (χ1) is 25.9. The van der Waals surface area contributed by atoms with E-state index in [0.717, 1.165) is 44.4 Å². The second kappa shape index (κ2) is 36.6. The van der Waals surface area contributed by atoms with E-state index in [1.807, 2.05) is 27.2 Å². The number of carbonyl (C=O) groups excluding carboxylic acids is 1. The van der Waals surface area contributed by atoms with E-state index >= 15 is 0 Å². The summed E-state index contributed by atoms with van der Waals surface area (Å²) in [4.78, 5) is 23.1. The first kappa shape index (κ1) is 53.2. The van der Waals surface area contributed by atoms with E-state index in [-0.39, 0.29) is 19.1 Å². The molecule has 1 amide bonds. The fourth-order valence-corrected chi connectivity index (χ4v) is 7.49. The minimum atomic E-state index is -4.33. The van der Waals surface area contributed by atoms with Crippen LogP contribution in [-0.4, -0.2) is 73.4 Å². The maximum Gasteiger partial charge on any atom is 0.472 e. The van der Waals surface area contributed by atoms with Gasteiger partial charge < -0.3 is 19.8 Å². The van der Waals surface area contributed by atoms with Crippen LogP contribution in [0.3, 0.4) is 0 Å². The van der Waals surface area contributed by atoms with Gasteiger partial charge in [-0.05, 0) is 25.2 Å². The molecular formula is C45H92N2O6P+. The number of aliphatic hydroxyl groups is 1. The zero-order valence-corrected chi connectivity index (χ0v) is 37.5. The molecule has 0 saturated heterocycles. The number of nitrogens with one attached hydrogen (secondary N) is 1. The van der Waals surface area contributed by atoms with Crippen LogP contribution in [0.2, 0.25) is 0 Å². The minimum absolute atomic E-state index is 0.0636. The fraction of sp³-hybridized carbons (Fsp3) is 0.933. The Bertz CT molecular complexity index is 909. The standard InChI is InChI=1S/C45H91N2O6P/c1-7-8-9-10-11-12-13-14-15-16-17-18-19-20-21-22-26-29-32-35-38-45(49)46-43(41-53-54(50,51)52-40-39-47(4,5)6)44(48)37-34-31-28-25-23-24-27-30-33-36-42(2)3/h34,37,42-44,48H,7-33,35-36,38-41H2,1-6H3,(H-,46,49,50,51)/p+1/b37-34+/t43-,44+/m0/s1. The van der Waals surface area contributed by atoms with E-state index in [0.29, 0.717) is 17.4 Å². The summed E-state index contributed by atoms with van der Waals surface area (Å²) < 4.78 is 23.5. The summed E-state index contributed by atoms with van der Waals surface area (Å²) in [7, 11) is 1.58. The molecule has 0 aromatic carbocycles. The molecule has 0 rings (SSSR count). The largest absolute Gasteiger partial charge is 0.472 e. The number of aliphatic hydroxyl groups excluding tert-OH is 1. The Morgan fingerprint density at radius 3 is 1.54 bits per heavy atom. The molecule has 0 radical (unpaired) electrons. The molecule has 0 aliphatic rings. The number of nitrogens with zero attached hydrogens (tertiary/aromatic N) is 1. The second-order valence-corrected chi connectivity index (χ2v) is 19.1. The summed E-state index contributed by atoms with van der Waals surface area (Å²) in [6.07, 6.45) is 40.0. The number of hydrogen-bond acceptors (Lipinski definition) is 5. The van der Waals surface area contributed by atoms with Crippen molar-refractivity contribution < 1.29 is 32.9 Å².